The van der Waals surface area contributed by atoms with Gasteiger partial charge in [0.05, 0.1) is 18.8 Å². The number of carbonyl (C=O) groups excluding carboxylic acids is 3. The van der Waals surface area contributed by atoms with Crippen LogP contribution < -0.4 is 20.3 Å². The number of esters is 1. The van der Waals surface area contributed by atoms with Crippen molar-refractivity contribution in [3.8, 4) is 17.2 Å². The van der Waals surface area contributed by atoms with Crippen LogP contribution in [0.2, 0.25) is 0 Å². The molecule has 2 aromatic heterocycles. The van der Waals surface area contributed by atoms with Crippen LogP contribution in [-0.2, 0) is 38.5 Å². The number of allylic oxidation sites excluding steroid dienone is 6. The van der Waals surface area contributed by atoms with Gasteiger partial charge in [-0.1, -0.05) is 61.6 Å². The van der Waals surface area contributed by atoms with Crippen molar-refractivity contribution in [1.29, 1.82) is 0 Å². The molecule has 12 nitrogen and oxygen atoms in total. The molecule has 5 unspecified atom stereocenters. The summed E-state index contributed by atoms with van der Waals surface area (Å²) in [6.07, 6.45) is 23.6. The number of nitrogens with zero attached hydrogens (tertiary/aromatic N) is 2. The normalized spacial score (nSPS) is 22.4. The number of ether oxygens (including phenoxy) is 2. The van der Waals surface area contributed by atoms with Crippen LogP contribution in [0.1, 0.15) is 92.7 Å². The number of nitrogens with one attached hydrogen (secondary N) is 3. The van der Waals surface area contributed by atoms with E-state index < -0.39 is 18.1 Å². The number of hydrogen-bond donors (Lipinski definition) is 5. The number of benzene rings is 3. The third-order valence-corrected chi connectivity index (χ3v) is 13.9. The largest absolute Gasteiger partial charge is 0.508 e. The van der Waals surface area contributed by atoms with Crippen LogP contribution in [0.3, 0.4) is 0 Å². The van der Waals surface area contributed by atoms with Gasteiger partial charge < -0.3 is 44.8 Å². The molecule has 5 atom stereocenters. The number of fused-ring (bicyclic) bond motifs is 3. The van der Waals surface area contributed by atoms with Gasteiger partial charge in [-0.2, -0.15) is 0 Å². The molecule has 2 aliphatic heterocycles. The number of ketones is 2. The SMILES string of the molecule is CNCc1cc(C2CC(=O)CC(OC(C)=O)CCC3(C=CC=CC3C)Cc3c[nH]cc3CC(c3cccc(O)c3)C3=CCNC(=C3)N(CCC(C)=O)c3cccc4cn2cc34)cc(OC)c1O. The Hall–Kier alpha value is -6.79. The molecule has 5 N–H and O–H groups in total. The summed E-state index contributed by atoms with van der Waals surface area (Å²) in [5.41, 5.74) is 6.33. The van der Waals surface area contributed by atoms with Gasteiger partial charge in [0.25, 0.3) is 0 Å². The highest BCUT2D eigenvalue weighted by Gasteiger charge is 2.37. The van der Waals surface area contributed by atoms with Crippen LogP contribution >= 0.6 is 0 Å². The van der Waals surface area contributed by atoms with Gasteiger partial charge in [0.2, 0.25) is 0 Å². The molecule has 3 aliphatic rings. The van der Waals surface area contributed by atoms with E-state index in [1.165, 1.54) is 19.6 Å². The number of methoxy groups -OCH3 is 1. The number of aromatic nitrogens is 2. The van der Waals surface area contributed by atoms with Gasteiger partial charge in [-0.05, 0) is 115 Å². The number of dihydropyridines is 1. The first-order valence-electron chi connectivity index (χ1n) is 23.4. The first-order valence-corrected chi connectivity index (χ1v) is 23.4. The second kappa shape index (κ2) is 20.4. The molecule has 4 heterocycles. The molecule has 4 bridgehead atoms. The highest BCUT2D eigenvalue weighted by atomic mass is 16.5. The molecule has 0 radical (unpaired) electrons. The Labute approximate surface area is 393 Å². The van der Waals surface area contributed by atoms with E-state index in [0.717, 1.165) is 44.5 Å². The number of hydrogen-bond acceptors (Lipinski definition) is 10. The van der Waals surface area contributed by atoms with Gasteiger partial charge >= 0.3 is 5.97 Å². The number of aromatic amines is 1. The lowest BCUT2D eigenvalue weighted by molar-refractivity contribution is -0.148. The van der Waals surface area contributed by atoms with E-state index in [1.807, 2.05) is 36.5 Å². The average molecular weight is 906 g/mol. The molecule has 1 spiro atoms. The summed E-state index contributed by atoms with van der Waals surface area (Å²) in [6, 6.07) is 16.8. The Kier molecular flexibility index (Phi) is 14.2. The summed E-state index contributed by atoms with van der Waals surface area (Å²) in [4.78, 5) is 45.8. The molecule has 350 valence electrons. The summed E-state index contributed by atoms with van der Waals surface area (Å²) < 4.78 is 13.8. The van der Waals surface area contributed by atoms with Crippen molar-refractivity contribution >= 4 is 34.0 Å². The van der Waals surface area contributed by atoms with Crippen LogP contribution in [0, 0.1) is 11.3 Å². The highest BCUT2D eigenvalue weighted by Crippen LogP contribution is 2.45. The second-order valence-electron chi connectivity index (χ2n) is 18.5. The Balaban J connectivity index is 1.32. The van der Waals surface area contributed by atoms with Gasteiger partial charge in [-0.25, -0.2) is 0 Å². The quantitative estimate of drug-likeness (QED) is 0.0904. The van der Waals surface area contributed by atoms with Crippen LogP contribution in [-0.4, -0.2) is 70.7 Å². The number of phenols is 2. The number of anilines is 1. The third-order valence-electron chi connectivity index (χ3n) is 13.9. The fraction of sp³-hybridized carbons (Fsp3) is 0.364. The Morgan fingerprint density at radius 3 is 2.55 bits per heavy atom. The van der Waals surface area contributed by atoms with E-state index in [2.05, 4.69) is 99.2 Å². The van der Waals surface area contributed by atoms with Crippen molar-refractivity contribution in [1.82, 2.24) is 20.2 Å². The lowest BCUT2D eigenvalue weighted by atomic mass is 9.66. The van der Waals surface area contributed by atoms with Crippen LogP contribution in [0.4, 0.5) is 5.69 Å². The number of aromatic hydroxyl groups is 2. The molecular formula is C55H63N5O7. The summed E-state index contributed by atoms with van der Waals surface area (Å²) in [6.45, 7) is 6.56. The molecule has 5 aromatic rings. The maximum Gasteiger partial charge on any atom is 0.302 e. The van der Waals surface area contributed by atoms with E-state index in [4.69, 9.17) is 9.47 Å². The van der Waals surface area contributed by atoms with E-state index in [1.54, 1.807) is 26.1 Å². The topological polar surface area (TPSA) is 158 Å². The fourth-order valence-electron chi connectivity index (χ4n) is 10.3. The molecular weight excluding hydrogens is 843 g/mol. The standard InChI is InChI=1S/C55H63N5O7/c1-35-10-6-7-18-55(35)19-15-47(67-37(3)62)27-46(64)28-51(41-22-43(30-56-4)54(65)52(25-41)66-5)59-33-40-12-9-14-50(49(40)34-59)60(21-17-36(2)61)53-26-39(16-20-58-53)48(38-11-8-13-45(63)23-38)24-42-31-57-32-44(42)29-55/h6-14,16,18,22-23,25-26,31-35,47-48,51,56-58,63,65H,15,17,19-21,24,27-30H2,1-5H3. The minimum absolute atomic E-state index is 0.0273. The van der Waals surface area contributed by atoms with Crippen molar-refractivity contribution in [3.63, 3.8) is 0 Å². The maximum absolute atomic E-state index is 14.7. The molecule has 0 saturated carbocycles. The molecule has 12 heteroatoms. The second-order valence-corrected chi connectivity index (χ2v) is 18.5. The number of carbonyl (C=O) groups is 3. The minimum atomic E-state index is -0.658. The van der Waals surface area contributed by atoms with Crippen molar-refractivity contribution < 1.29 is 34.1 Å². The molecule has 8 rings (SSSR count). The van der Waals surface area contributed by atoms with Gasteiger partial charge in [0.1, 0.15) is 29.2 Å². The predicted octanol–water partition coefficient (Wildman–Crippen LogP) is 9.25. The molecule has 0 fully saturated rings. The van der Waals surface area contributed by atoms with Crippen LogP contribution in [0.25, 0.3) is 10.8 Å². The van der Waals surface area contributed by atoms with Gasteiger partial charge in [-0.3, -0.25) is 14.4 Å². The lowest BCUT2D eigenvalue weighted by Gasteiger charge is -2.38. The monoisotopic (exact) mass is 905 g/mol. The molecule has 3 aromatic carbocycles. The van der Waals surface area contributed by atoms with E-state index in [-0.39, 0.29) is 53.2 Å². The fourth-order valence-corrected chi connectivity index (χ4v) is 10.3. The van der Waals surface area contributed by atoms with Crippen LogP contribution in [0.15, 0.2) is 127 Å². The lowest BCUT2D eigenvalue weighted by Crippen LogP contribution is -2.35. The smallest absolute Gasteiger partial charge is 0.302 e. The summed E-state index contributed by atoms with van der Waals surface area (Å²) in [5.74, 6) is 0.931. The average Bonchev–Trinajstić information content (AvgIpc) is 3.95. The van der Waals surface area contributed by atoms with Crippen molar-refractivity contribution in [2.75, 3.05) is 32.1 Å². The van der Waals surface area contributed by atoms with Gasteiger partial charge in [-0.15, -0.1) is 0 Å². The number of Topliss-reactive ketones (excluding diaryl/α,β-unsaturated/α-hetero) is 2. The summed E-state index contributed by atoms with van der Waals surface area (Å²) in [5, 5.41) is 30.6. The maximum atomic E-state index is 14.7. The molecule has 0 saturated heterocycles. The van der Waals surface area contributed by atoms with E-state index in [9.17, 15) is 24.6 Å². The number of phenolic OH excluding ortho intramolecular Hbond substituents is 2. The first-order chi connectivity index (χ1) is 32.3. The third kappa shape index (κ3) is 10.4. The minimum Gasteiger partial charge on any atom is -0.508 e. The zero-order chi connectivity index (χ0) is 47.2. The molecule has 67 heavy (non-hydrogen) atoms. The molecule has 0 amide bonds. The van der Waals surface area contributed by atoms with Gasteiger partial charge in [0, 0.05) is 92.9 Å². The first kappa shape index (κ1) is 46.7. The van der Waals surface area contributed by atoms with E-state index >= 15 is 0 Å². The van der Waals surface area contributed by atoms with Crippen molar-refractivity contribution in [2.45, 2.75) is 90.3 Å². The Morgan fingerprint density at radius 1 is 0.970 bits per heavy atom. The predicted molar refractivity (Wildman–Crippen MR) is 262 cm³/mol. The van der Waals surface area contributed by atoms with Crippen molar-refractivity contribution in [2.24, 2.45) is 11.3 Å². The Bertz CT molecular complexity index is 2760. The number of H-pyrrole nitrogens is 1. The van der Waals surface area contributed by atoms with Gasteiger partial charge in [0.15, 0.2) is 11.5 Å². The number of rotatable bonds is 9. The van der Waals surface area contributed by atoms with Crippen molar-refractivity contribution in [3.05, 3.63) is 155 Å². The highest BCUT2D eigenvalue weighted by molar-refractivity contribution is 5.95. The Morgan fingerprint density at radius 2 is 1.79 bits per heavy atom. The zero-order valence-electron chi connectivity index (χ0n) is 39.2. The van der Waals surface area contributed by atoms with E-state index in [0.29, 0.717) is 63.1 Å². The zero-order valence-corrected chi connectivity index (χ0v) is 39.2. The van der Waals surface area contributed by atoms with Crippen LogP contribution in [0.5, 0.6) is 17.2 Å². The summed E-state index contributed by atoms with van der Waals surface area (Å²) in [7, 11) is 3.32. The molecule has 1 aliphatic carbocycles. The summed E-state index contributed by atoms with van der Waals surface area (Å²) >= 11 is 0.